The number of rotatable bonds is 5. The summed E-state index contributed by atoms with van der Waals surface area (Å²) in [5.74, 6) is 1.05. The Bertz CT molecular complexity index is 476. The Kier molecular flexibility index (Phi) is 5.80. The summed E-state index contributed by atoms with van der Waals surface area (Å²) in [6, 6.07) is 6.50. The largest absolute Gasteiger partial charge is 0.343 e. The van der Waals surface area contributed by atoms with Crippen LogP contribution in [0.1, 0.15) is 36.0 Å². The molecule has 1 aromatic carbocycles. The van der Waals surface area contributed by atoms with E-state index in [1.165, 1.54) is 16.7 Å². The average molecular weight is 288 g/mol. The van der Waals surface area contributed by atoms with Crippen LogP contribution < -0.4 is 5.32 Å². The van der Waals surface area contributed by atoms with Crippen LogP contribution in [0.25, 0.3) is 0 Å². The molecule has 2 rings (SSSR count). The molecule has 21 heavy (non-hydrogen) atoms. The zero-order valence-corrected chi connectivity index (χ0v) is 13.6. The van der Waals surface area contributed by atoms with Gasteiger partial charge in [-0.3, -0.25) is 4.79 Å². The summed E-state index contributed by atoms with van der Waals surface area (Å²) in [5, 5.41) is 3.24. The van der Waals surface area contributed by atoms with Crippen molar-refractivity contribution in [3.8, 4) is 0 Å². The van der Waals surface area contributed by atoms with Gasteiger partial charge in [0.1, 0.15) is 0 Å². The van der Waals surface area contributed by atoms with Crippen molar-refractivity contribution in [1.29, 1.82) is 0 Å². The first-order valence-electron chi connectivity index (χ1n) is 8.08. The van der Waals surface area contributed by atoms with Crippen molar-refractivity contribution in [2.75, 3.05) is 26.7 Å². The average Bonchev–Trinajstić information content (AvgIpc) is 2.47. The molecule has 0 bridgehead atoms. The van der Waals surface area contributed by atoms with E-state index >= 15 is 0 Å². The van der Waals surface area contributed by atoms with E-state index in [9.17, 15) is 4.79 Å². The first-order chi connectivity index (χ1) is 10.1. The lowest BCUT2D eigenvalue weighted by Gasteiger charge is -2.32. The summed E-state index contributed by atoms with van der Waals surface area (Å²) < 4.78 is 0. The first kappa shape index (κ1) is 16.0. The predicted molar refractivity (Wildman–Crippen MR) is 87.5 cm³/mol. The van der Waals surface area contributed by atoms with E-state index in [0.717, 1.165) is 44.8 Å². The molecular weight excluding hydrogens is 260 g/mol. The summed E-state index contributed by atoms with van der Waals surface area (Å²) in [6.45, 7) is 7.17. The van der Waals surface area contributed by atoms with Crippen LogP contribution in [-0.4, -0.2) is 37.5 Å². The van der Waals surface area contributed by atoms with Crippen molar-refractivity contribution in [1.82, 2.24) is 10.2 Å². The van der Waals surface area contributed by atoms with Gasteiger partial charge in [0.15, 0.2) is 0 Å². The molecular formula is C18H28N2O. The maximum Gasteiger partial charge on any atom is 0.222 e. The van der Waals surface area contributed by atoms with Crippen LogP contribution in [0, 0.1) is 19.8 Å². The zero-order chi connectivity index (χ0) is 15.2. The molecule has 1 heterocycles. The molecule has 1 aliphatic rings. The number of nitrogens with zero attached hydrogens (tertiary/aromatic N) is 1. The van der Waals surface area contributed by atoms with Crippen LogP contribution in [0.15, 0.2) is 18.2 Å². The molecule has 1 fully saturated rings. The van der Waals surface area contributed by atoms with E-state index in [0.29, 0.717) is 12.3 Å². The van der Waals surface area contributed by atoms with Gasteiger partial charge in [-0.1, -0.05) is 23.8 Å². The molecule has 1 aliphatic heterocycles. The maximum absolute atomic E-state index is 12.3. The molecule has 0 spiro atoms. The Morgan fingerprint density at radius 3 is 2.62 bits per heavy atom. The van der Waals surface area contributed by atoms with E-state index < -0.39 is 0 Å². The molecule has 0 unspecified atom stereocenters. The number of nitrogens with one attached hydrogen (secondary N) is 1. The minimum atomic E-state index is 0.317. The number of benzene rings is 1. The van der Waals surface area contributed by atoms with Gasteiger partial charge >= 0.3 is 0 Å². The predicted octanol–water partition coefficient (Wildman–Crippen LogP) is 2.69. The van der Waals surface area contributed by atoms with Gasteiger partial charge in [-0.2, -0.15) is 0 Å². The monoisotopic (exact) mass is 288 g/mol. The lowest BCUT2D eigenvalue weighted by molar-refractivity contribution is -0.132. The second-order valence-corrected chi connectivity index (χ2v) is 6.31. The van der Waals surface area contributed by atoms with Crippen molar-refractivity contribution >= 4 is 5.91 Å². The van der Waals surface area contributed by atoms with Gasteiger partial charge in [0.05, 0.1) is 0 Å². The summed E-state index contributed by atoms with van der Waals surface area (Å²) in [6.07, 6.45) is 3.77. The maximum atomic E-state index is 12.3. The number of carbonyl (C=O) groups excluding carboxylic acids is 1. The topological polar surface area (TPSA) is 32.3 Å². The highest BCUT2D eigenvalue weighted by Gasteiger charge is 2.22. The van der Waals surface area contributed by atoms with Crippen LogP contribution in [0.5, 0.6) is 0 Å². The van der Waals surface area contributed by atoms with Gasteiger partial charge in [0.2, 0.25) is 5.91 Å². The summed E-state index contributed by atoms with van der Waals surface area (Å²) in [7, 11) is 2.00. The fourth-order valence-corrected chi connectivity index (χ4v) is 3.20. The van der Waals surface area contributed by atoms with Crippen LogP contribution in [0.2, 0.25) is 0 Å². The van der Waals surface area contributed by atoms with E-state index in [4.69, 9.17) is 0 Å². The number of likely N-dealkylation sites (tertiary alicyclic amines) is 1. The minimum absolute atomic E-state index is 0.317. The van der Waals surface area contributed by atoms with Crippen molar-refractivity contribution in [2.45, 2.75) is 39.5 Å². The lowest BCUT2D eigenvalue weighted by Crippen LogP contribution is -2.40. The molecule has 0 aromatic heterocycles. The molecule has 116 valence electrons. The quantitative estimate of drug-likeness (QED) is 0.903. The fraction of sp³-hybridized carbons (Fsp3) is 0.611. The van der Waals surface area contributed by atoms with Crippen molar-refractivity contribution in [2.24, 2.45) is 5.92 Å². The second-order valence-electron chi connectivity index (χ2n) is 6.31. The smallest absolute Gasteiger partial charge is 0.222 e. The minimum Gasteiger partial charge on any atom is -0.343 e. The summed E-state index contributed by atoms with van der Waals surface area (Å²) in [5.41, 5.74) is 3.89. The van der Waals surface area contributed by atoms with Crippen LogP contribution >= 0.6 is 0 Å². The summed E-state index contributed by atoms with van der Waals surface area (Å²) >= 11 is 0. The third-order valence-corrected chi connectivity index (χ3v) is 4.57. The second kappa shape index (κ2) is 7.60. The van der Waals surface area contributed by atoms with Crippen molar-refractivity contribution in [3.63, 3.8) is 0 Å². The first-order valence-corrected chi connectivity index (χ1v) is 8.08. The Morgan fingerprint density at radius 2 is 2.00 bits per heavy atom. The van der Waals surface area contributed by atoms with Gasteiger partial charge in [-0.15, -0.1) is 0 Å². The third-order valence-electron chi connectivity index (χ3n) is 4.57. The highest BCUT2D eigenvalue weighted by molar-refractivity contribution is 5.76. The molecule has 0 radical (unpaired) electrons. The molecule has 3 nitrogen and oxygen atoms in total. The summed E-state index contributed by atoms with van der Waals surface area (Å²) in [4.78, 5) is 14.4. The molecule has 1 amide bonds. The van der Waals surface area contributed by atoms with E-state index in [2.05, 4.69) is 42.3 Å². The Morgan fingerprint density at radius 1 is 1.29 bits per heavy atom. The molecule has 3 heteroatoms. The highest BCUT2D eigenvalue weighted by atomic mass is 16.2. The van der Waals surface area contributed by atoms with Gasteiger partial charge in [-0.05, 0) is 63.7 Å². The fourth-order valence-electron chi connectivity index (χ4n) is 3.20. The highest BCUT2D eigenvalue weighted by Crippen LogP contribution is 2.18. The van der Waals surface area contributed by atoms with Crippen molar-refractivity contribution < 1.29 is 4.79 Å². The number of piperidine rings is 1. The standard InChI is InChI=1S/C18H28N2O/c1-14-4-5-17(15(2)12-14)6-7-18(21)20-10-8-16(9-11-20)13-19-3/h4-5,12,16,19H,6-11,13H2,1-3H3. The van der Waals surface area contributed by atoms with Gasteiger partial charge in [0.25, 0.3) is 0 Å². The normalized spacial score (nSPS) is 16.2. The van der Waals surface area contributed by atoms with Gasteiger partial charge < -0.3 is 10.2 Å². The van der Waals surface area contributed by atoms with Crippen LogP contribution in [0.4, 0.5) is 0 Å². The molecule has 0 aliphatic carbocycles. The van der Waals surface area contributed by atoms with Crippen LogP contribution in [0.3, 0.4) is 0 Å². The van der Waals surface area contributed by atoms with E-state index in [1.807, 2.05) is 7.05 Å². The molecule has 1 saturated heterocycles. The SMILES string of the molecule is CNCC1CCN(C(=O)CCc2ccc(C)cc2C)CC1. The number of hydrogen-bond acceptors (Lipinski definition) is 2. The molecule has 0 atom stereocenters. The molecule has 0 saturated carbocycles. The van der Waals surface area contributed by atoms with Gasteiger partial charge in [0, 0.05) is 19.5 Å². The molecule has 1 aromatic rings. The number of hydrogen-bond donors (Lipinski definition) is 1. The molecule has 1 N–H and O–H groups in total. The number of carbonyl (C=O) groups is 1. The zero-order valence-electron chi connectivity index (χ0n) is 13.6. The number of amides is 1. The third kappa shape index (κ3) is 4.57. The number of aryl methyl sites for hydroxylation is 3. The Labute approximate surface area is 128 Å². The van der Waals surface area contributed by atoms with Crippen LogP contribution in [-0.2, 0) is 11.2 Å². The van der Waals surface area contributed by atoms with Crippen molar-refractivity contribution in [3.05, 3.63) is 34.9 Å². The lowest BCUT2D eigenvalue weighted by atomic mass is 9.96. The van der Waals surface area contributed by atoms with E-state index in [1.54, 1.807) is 0 Å². The Hall–Kier alpha value is -1.35. The van der Waals surface area contributed by atoms with E-state index in [-0.39, 0.29) is 0 Å². The Balaban J connectivity index is 1.80. The van der Waals surface area contributed by atoms with Gasteiger partial charge in [-0.25, -0.2) is 0 Å².